The number of carbonyl (C=O) groups is 1. The van der Waals surface area contributed by atoms with Crippen LogP contribution in [-0.4, -0.2) is 19.1 Å². The number of nitrogens with zero attached hydrogens (tertiary/aromatic N) is 1. The Labute approximate surface area is 155 Å². The van der Waals surface area contributed by atoms with Crippen LogP contribution in [0.15, 0.2) is 35.2 Å². The summed E-state index contributed by atoms with van der Waals surface area (Å²) in [5.74, 6) is 0.244. The zero-order chi connectivity index (χ0) is 18.7. The van der Waals surface area contributed by atoms with Gasteiger partial charge in [-0.1, -0.05) is 18.2 Å². The van der Waals surface area contributed by atoms with E-state index in [1.165, 1.54) is 0 Å². The number of hydrogen-bond donors (Lipinski definition) is 2. The smallest absolute Gasteiger partial charge is 0.306 e. The van der Waals surface area contributed by atoms with Crippen LogP contribution in [0.4, 0.5) is 0 Å². The van der Waals surface area contributed by atoms with Crippen molar-refractivity contribution in [1.82, 2.24) is 5.32 Å². The molecule has 0 amide bonds. The maximum Gasteiger partial charge on any atom is 0.306 e. The molecule has 0 heterocycles. The lowest BCUT2D eigenvalue weighted by molar-refractivity contribution is -0.143. The number of benzene rings is 1. The molecule has 5 nitrogen and oxygen atoms in total. The van der Waals surface area contributed by atoms with E-state index < -0.39 is 0 Å². The molecule has 1 rings (SSSR count). The predicted molar refractivity (Wildman–Crippen MR) is 101 cm³/mol. The fourth-order valence-electron chi connectivity index (χ4n) is 2.60. The van der Waals surface area contributed by atoms with E-state index in [2.05, 4.69) is 16.5 Å². The van der Waals surface area contributed by atoms with E-state index in [1.807, 2.05) is 26.0 Å². The summed E-state index contributed by atoms with van der Waals surface area (Å²) in [6.07, 6.45) is 3.40. The average Bonchev–Trinajstić information content (AvgIpc) is 2.61. The summed E-state index contributed by atoms with van der Waals surface area (Å²) in [6.45, 7) is 6.97. The van der Waals surface area contributed by atoms with Crippen LogP contribution in [0, 0.1) is 12.5 Å². The minimum absolute atomic E-state index is 0.00777. The van der Waals surface area contributed by atoms with Gasteiger partial charge in [0, 0.05) is 18.6 Å². The Balaban J connectivity index is 2.96. The molecule has 1 atom stereocenters. The second kappa shape index (κ2) is 11.6. The van der Waals surface area contributed by atoms with Gasteiger partial charge in [-0.2, -0.15) is 5.11 Å². The van der Waals surface area contributed by atoms with E-state index in [0.29, 0.717) is 37.4 Å². The number of hydrogen-bond acceptors (Lipinski definition) is 5. The Hall–Kier alpha value is -1.88. The zero-order valence-electron chi connectivity index (χ0n) is 15.3. The lowest BCUT2D eigenvalue weighted by Gasteiger charge is -2.18. The highest BCUT2D eigenvalue weighted by Crippen LogP contribution is 2.29. The third-order valence-electron chi connectivity index (χ3n) is 4.07. The quantitative estimate of drug-likeness (QED) is 0.328. The Morgan fingerprint density at radius 3 is 2.80 bits per heavy atom. The Morgan fingerprint density at radius 2 is 2.20 bits per heavy atom. The Morgan fingerprint density at radius 1 is 1.44 bits per heavy atom. The molecule has 0 bridgehead atoms. The first kappa shape index (κ1) is 21.2. The number of rotatable bonds is 11. The van der Waals surface area contributed by atoms with Gasteiger partial charge in [-0.15, -0.1) is 11.6 Å². The van der Waals surface area contributed by atoms with Crippen molar-refractivity contribution in [2.75, 3.05) is 13.2 Å². The molecule has 0 aliphatic carbocycles. The average molecular weight is 366 g/mol. The summed E-state index contributed by atoms with van der Waals surface area (Å²) in [7, 11) is 0. The van der Waals surface area contributed by atoms with Gasteiger partial charge >= 0.3 is 5.97 Å². The van der Waals surface area contributed by atoms with Gasteiger partial charge in [-0.05, 0) is 56.2 Å². The van der Waals surface area contributed by atoms with Crippen LogP contribution in [0.1, 0.15) is 55.7 Å². The molecule has 0 fully saturated rings. The van der Waals surface area contributed by atoms with E-state index in [1.54, 1.807) is 13.1 Å². The van der Waals surface area contributed by atoms with Gasteiger partial charge in [-0.25, -0.2) is 5.53 Å². The summed E-state index contributed by atoms with van der Waals surface area (Å²) >= 11 is 6.02. The highest BCUT2D eigenvalue weighted by atomic mass is 35.5. The zero-order valence-corrected chi connectivity index (χ0v) is 16.0. The molecule has 0 saturated heterocycles. The Bertz CT molecular complexity index is 602. The number of nitrogens with one attached hydrogen (secondary N) is 2. The van der Waals surface area contributed by atoms with E-state index >= 15 is 0 Å². The fraction of sp³-hybridized carbons (Fsp3) is 0.526. The molecule has 1 unspecified atom stereocenters. The molecular formula is C19H28ClN3O2. The topological polar surface area (TPSA) is 74.5 Å². The molecule has 138 valence electrons. The standard InChI is InChI=1S/C19H28ClN3O2/c1-4-22-13-18(23-21)9-8-16(11-19(24)25-5-2)15-7-6-14(3)17(10-15)12-20/h6-7,10,13,16,21-22H,4-5,8-9,11-12H2,1-3H3/b18-13-,23-21?. The van der Waals surface area contributed by atoms with Crippen LogP contribution in [0.25, 0.3) is 0 Å². The van der Waals surface area contributed by atoms with Crippen molar-refractivity contribution < 1.29 is 9.53 Å². The second-order valence-electron chi connectivity index (χ2n) is 5.87. The first-order valence-corrected chi connectivity index (χ1v) is 9.19. The van der Waals surface area contributed by atoms with Crippen LogP contribution >= 0.6 is 11.6 Å². The first-order chi connectivity index (χ1) is 12.0. The maximum absolute atomic E-state index is 12.0. The van der Waals surface area contributed by atoms with Crippen LogP contribution in [0.5, 0.6) is 0 Å². The molecular weight excluding hydrogens is 338 g/mol. The highest BCUT2D eigenvalue weighted by Gasteiger charge is 2.18. The normalized spacial score (nSPS) is 12.6. The van der Waals surface area contributed by atoms with E-state index in [4.69, 9.17) is 21.9 Å². The van der Waals surface area contributed by atoms with Crippen LogP contribution in [0.3, 0.4) is 0 Å². The van der Waals surface area contributed by atoms with E-state index in [0.717, 1.165) is 23.2 Å². The summed E-state index contributed by atoms with van der Waals surface area (Å²) in [5, 5.41) is 6.63. The van der Waals surface area contributed by atoms with Crippen LogP contribution < -0.4 is 5.32 Å². The number of alkyl halides is 1. The van der Waals surface area contributed by atoms with Gasteiger partial charge in [0.2, 0.25) is 0 Å². The SMILES string of the molecule is CCN/C=C(/CCC(CC(=O)OCC)c1ccc(C)c(CCl)c1)N=N. The van der Waals surface area contributed by atoms with Crippen molar-refractivity contribution in [2.45, 2.75) is 51.8 Å². The molecule has 0 saturated carbocycles. The summed E-state index contributed by atoms with van der Waals surface area (Å²) in [6, 6.07) is 6.15. The van der Waals surface area contributed by atoms with Gasteiger partial charge in [0.25, 0.3) is 0 Å². The van der Waals surface area contributed by atoms with Crippen LogP contribution in [-0.2, 0) is 15.4 Å². The number of allylic oxidation sites excluding steroid dienone is 1. The van der Waals surface area contributed by atoms with Crippen molar-refractivity contribution in [3.8, 4) is 0 Å². The minimum atomic E-state index is -0.208. The molecule has 1 aromatic rings. The number of ether oxygens (including phenoxy) is 1. The molecule has 0 radical (unpaired) electrons. The lowest BCUT2D eigenvalue weighted by atomic mass is 9.89. The molecule has 0 aliphatic heterocycles. The van der Waals surface area contributed by atoms with Crippen molar-refractivity contribution in [3.05, 3.63) is 46.8 Å². The molecule has 6 heteroatoms. The van der Waals surface area contributed by atoms with E-state index in [9.17, 15) is 4.79 Å². The second-order valence-corrected chi connectivity index (χ2v) is 6.14. The van der Waals surface area contributed by atoms with Gasteiger partial charge in [0.05, 0.1) is 18.7 Å². The number of carbonyl (C=O) groups excluding carboxylic acids is 1. The van der Waals surface area contributed by atoms with Crippen molar-refractivity contribution in [3.63, 3.8) is 0 Å². The summed E-state index contributed by atoms with van der Waals surface area (Å²) in [4.78, 5) is 12.0. The van der Waals surface area contributed by atoms with Crippen LogP contribution in [0.2, 0.25) is 0 Å². The molecule has 0 aromatic heterocycles. The predicted octanol–water partition coefficient (Wildman–Crippen LogP) is 5.03. The number of halogens is 1. The molecule has 0 spiro atoms. The van der Waals surface area contributed by atoms with Crippen molar-refractivity contribution >= 4 is 17.6 Å². The highest BCUT2D eigenvalue weighted by molar-refractivity contribution is 6.17. The van der Waals surface area contributed by atoms with Crippen molar-refractivity contribution in [2.24, 2.45) is 5.11 Å². The van der Waals surface area contributed by atoms with Gasteiger partial charge in [-0.3, -0.25) is 4.79 Å². The maximum atomic E-state index is 12.0. The lowest BCUT2D eigenvalue weighted by Crippen LogP contribution is -2.12. The van der Waals surface area contributed by atoms with Gasteiger partial charge < -0.3 is 10.1 Å². The van der Waals surface area contributed by atoms with Crippen molar-refractivity contribution in [1.29, 1.82) is 5.53 Å². The Kier molecular flexibility index (Phi) is 9.85. The summed E-state index contributed by atoms with van der Waals surface area (Å²) < 4.78 is 5.12. The largest absolute Gasteiger partial charge is 0.466 e. The molecule has 2 N–H and O–H groups in total. The third-order valence-corrected chi connectivity index (χ3v) is 4.36. The summed E-state index contributed by atoms with van der Waals surface area (Å²) in [5.41, 5.74) is 11.2. The monoisotopic (exact) mass is 365 g/mol. The van der Waals surface area contributed by atoms with Gasteiger partial charge in [0.15, 0.2) is 0 Å². The first-order valence-electron chi connectivity index (χ1n) is 8.66. The van der Waals surface area contributed by atoms with E-state index in [-0.39, 0.29) is 11.9 Å². The number of esters is 1. The third kappa shape index (κ3) is 7.26. The molecule has 1 aromatic carbocycles. The fourth-order valence-corrected chi connectivity index (χ4v) is 2.89. The number of aryl methyl sites for hydroxylation is 1. The molecule has 0 aliphatic rings. The van der Waals surface area contributed by atoms with Gasteiger partial charge in [0.1, 0.15) is 0 Å². The molecule has 25 heavy (non-hydrogen) atoms. The minimum Gasteiger partial charge on any atom is -0.466 e.